The van der Waals surface area contributed by atoms with Crippen molar-refractivity contribution in [2.75, 3.05) is 6.61 Å². The van der Waals surface area contributed by atoms with Gasteiger partial charge in [0.15, 0.2) is 0 Å². The SMILES string of the molecule is CCOC(=O)C(C)NC(=O)c1cc(C)nn1C. The topological polar surface area (TPSA) is 73.2 Å². The van der Waals surface area contributed by atoms with E-state index in [2.05, 4.69) is 10.4 Å². The van der Waals surface area contributed by atoms with Crippen LogP contribution >= 0.6 is 0 Å². The molecule has 0 saturated heterocycles. The largest absolute Gasteiger partial charge is 0.464 e. The zero-order valence-electron chi connectivity index (χ0n) is 10.5. The van der Waals surface area contributed by atoms with Crippen LogP contribution in [0.4, 0.5) is 0 Å². The minimum atomic E-state index is -0.669. The van der Waals surface area contributed by atoms with Gasteiger partial charge in [0.05, 0.1) is 12.3 Å². The number of hydrogen-bond acceptors (Lipinski definition) is 4. The number of carbonyl (C=O) groups is 2. The molecule has 0 aromatic carbocycles. The number of esters is 1. The van der Waals surface area contributed by atoms with E-state index < -0.39 is 12.0 Å². The second-order valence-corrected chi connectivity index (χ2v) is 3.74. The highest BCUT2D eigenvalue weighted by atomic mass is 16.5. The second kappa shape index (κ2) is 5.47. The van der Waals surface area contributed by atoms with Crippen molar-refractivity contribution in [1.29, 1.82) is 0 Å². The first kappa shape index (κ1) is 13.2. The molecular weight excluding hydrogens is 222 g/mol. The van der Waals surface area contributed by atoms with E-state index in [1.165, 1.54) is 4.68 Å². The van der Waals surface area contributed by atoms with Crippen molar-refractivity contribution in [1.82, 2.24) is 15.1 Å². The van der Waals surface area contributed by atoms with Gasteiger partial charge in [0, 0.05) is 7.05 Å². The van der Waals surface area contributed by atoms with Gasteiger partial charge in [-0.15, -0.1) is 0 Å². The van der Waals surface area contributed by atoms with E-state index in [4.69, 9.17) is 4.74 Å². The van der Waals surface area contributed by atoms with Gasteiger partial charge < -0.3 is 10.1 Å². The quantitative estimate of drug-likeness (QED) is 0.772. The molecule has 1 unspecified atom stereocenters. The van der Waals surface area contributed by atoms with Crippen molar-refractivity contribution in [2.24, 2.45) is 7.05 Å². The summed E-state index contributed by atoms with van der Waals surface area (Å²) in [7, 11) is 1.68. The number of aryl methyl sites for hydroxylation is 2. The Morgan fingerprint density at radius 3 is 2.71 bits per heavy atom. The number of rotatable bonds is 4. The average molecular weight is 239 g/mol. The third-order valence-electron chi connectivity index (χ3n) is 2.22. The molecular formula is C11H17N3O3. The summed E-state index contributed by atoms with van der Waals surface area (Å²) in [4.78, 5) is 23.2. The highest BCUT2D eigenvalue weighted by Gasteiger charge is 2.19. The molecule has 6 nitrogen and oxygen atoms in total. The molecule has 1 aromatic heterocycles. The summed E-state index contributed by atoms with van der Waals surface area (Å²) < 4.78 is 6.27. The molecule has 1 N–H and O–H groups in total. The summed E-state index contributed by atoms with van der Waals surface area (Å²) >= 11 is 0. The summed E-state index contributed by atoms with van der Waals surface area (Å²) in [5, 5.41) is 6.62. The highest BCUT2D eigenvalue weighted by Crippen LogP contribution is 2.02. The number of amides is 1. The maximum atomic E-state index is 11.8. The second-order valence-electron chi connectivity index (χ2n) is 3.74. The van der Waals surface area contributed by atoms with E-state index in [-0.39, 0.29) is 5.91 Å². The minimum Gasteiger partial charge on any atom is -0.464 e. The number of ether oxygens (including phenoxy) is 1. The van der Waals surface area contributed by atoms with Crippen LogP contribution in [-0.2, 0) is 16.6 Å². The number of nitrogens with one attached hydrogen (secondary N) is 1. The smallest absolute Gasteiger partial charge is 0.328 e. The lowest BCUT2D eigenvalue weighted by Gasteiger charge is -2.12. The Morgan fingerprint density at radius 1 is 1.59 bits per heavy atom. The lowest BCUT2D eigenvalue weighted by molar-refractivity contribution is -0.144. The van der Waals surface area contributed by atoms with Crippen LogP contribution in [-0.4, -0.2) is 34.3 Å². The molecule has 0 radical (unpaired) electrons. The zero-order chi connectivity index (χ0) is 13.0. The Bertz CT molecular complexity index is 426. The van der Waals surface area contributed by atoms with Crippen LogP contribution in [0.3, 0.4) is 0 Å². The van der Waals surface area contributed by atoms with Crippen LogP contribution in [0.2, 0.25) is 0 Å². The lowest BCUT2D eigenvalue weighted by Crippen LogP contribution is -2.40. The fraction of sp³-hybridized carbons (Fsp3) is 0.545. The van der Waals surface area contributed by atoms with Crippen LogP contribution < -0.4 is 5.32 Å². The van der Waals surface area contributed by atoms with Crippen LogP contribution in [0.1, 0.15) is 30.0 Å². The Labute approximate surface area is 99.9 Å². The van der Waals surface area contributed by atoms with E-state index in [0.29, 0.717) is 12.3 Å². The predicted octanol–water partition coefficient (Wildman–Crippen LogP) is 0.410. The van der Waals surface area contributed by atoms with Gasteiger partial charge >= 0.3 is 5.97 Å². The molecule has 17 heavy (non-hydrogen) atoms. The minimum absolute atomic E-state index is 0.295. The summed E-state index contributed by atoms with van der Waals surface area (Å²) in [6.07, 6.45) is 0. The molecule has 1 aromatic rings. The normalized spacial score (nSPS) is 12.0. The van der Waals surface area contributed by atoms with Crippen molar-refractivity contribution in [3.63, 3.8) is 0 Å². The molecule has 1 amide bonds. The van der Waals surface area contributed by atoms with Gasteiger partial charge in [-0.2, -0.15) is 5.10 Å². The van der Waals surface area contributed by atoms with E-state index >= 15 is 0 Å². The molecule has 6 heteroatoms. The molecule has 0 fully saturated rings. The molecule has 0 spiro atoms. The van der Waals surface area contributed by atoms with Gasteiger partial charge in [-0.3, -0.25) is 9.48 Å². The van der Waals surface area contributed by atoms with Crippen LogP contribution in [0.5, 0.6) is 0 Å². The number of nitrogens with zero attached hydrogens (tertiary/aromatic N) is 2. The first-order valence-corrected chi connectivity index (χ1v) is 5.43. The highest BCUT2D eigenvalue weighted by molar-refractivity contribution is 5.95. The molecule has 0 aliphatic carbocycles. The van der Waals surface area contributed by atoms with E-state index in [0.717, 1.165) is 5.69 Å². The summed E-state index contributed by atoms with van der Waals surface area (Å²) in [5.41, 5.74) is 1.17. The van der Waals surface area contributed by atoms with Gasteiger partial charge in [0.25, 0.3) is 5.91 Å². The summed E-state index contributed by atoms with van der Waals surface area (Å²) in [5.74, 6) is -0.784. The van der Waals surface area contributed by atoms with Crippen LogP contribution in [0.15, 0.2) is 6.07 Å². The third-order valence-corrected chi connectivity index (χ3v) is 2.22. The molecule has 0 aliphatic heterocycles. The summed E-state index contributed by atoms with van der Waals surface area (Å²) in [6.45, 7) is 5.39. The van der Waals surface area contributed by atoms with Crippen molar-refractivity contribution in [3.05, 3.63) is 17.5 Å². The average Bonchev–Trinajstić information content (AvgIpc) is 2.58. The monoisotopic (exact) mass is 239 g/mol. The van der Waals surface area contributed by atoms with E-state index in [1.54, 1.807) is 33.9 Å². The molecule has 0 saturated carbocycles. The van der Waals surface area contributed by atoms with Crippen molar-refractivity contribution in [3.8, 4) is 0 Å². The Kier molecular flexibility index (Phi) is 4.25. The standard InChI is InChI=1S/C11H17N3O3/c1-5-17-11(16)8(3)12-10(15)9-6-7(2)13-14(9)4/h6,8H,5H2,1-4H3,(H,12,15). The van der Waals surface area contributed by atoms with Gasteiger partial charge in [-0.05, 0) is 26.8 Å². The van der Waals surface area contributed by atoms with Crippen LogP contribution in [0, 0.1) is 6.92 Å². The van der Waals surface area contributed by atoms with Crippen molar-refractivity contribution in [2.45, 2.75) is 26.8 Å². The maximum absolute atomic E-state index is 11.8. The van der Waals surface area contributed by atoms with E-state index in [9.17, 15) is 9.59 Å². The van der Waals surface area contributed by atoms with Crippen LogP contribution in [0.25, 0.3) is 0 Å². The van der Waals surface area contributed by atoms with Crippen molar-refractivity contribution >= 4 is 11.9 Å². The molecule has 94 valence electrons. The van der Waals surface area contributed by atoms with Gasteiger partial charge in [-0.25, -0.2) is 4.79 Å². The van der Waals surface area contributed by atoms with Crippen molar-refractivity contribution < 1.29 is 14.3 Å². The van der Waals surface area contributed by atoms with Gasteiger partial charge in [0.1, 0.15) is 11.7 Å². The van der Waals surface area contributed by atoms with Gasteiger partial charge in [-0.1, -0.05) is 0 Å². The van der Waals surface area contributed by atoms with E-state index in [1.807, 2.05) is 0 Å². The number of hydrogen-bond donors (Lipinski definition) is 1. The number of aromatic nitrogens is 2. The van der Waals surface area contributed by atoms with Gasteiger partial charge in [0.2, 0.25) is 0 Å². The first-order valence-electron chi connectivity index (χ1n) is 5.43. The molecule has 1 heterocycles. The Morgan fingerprint density at radius 2 is 2.24 bits per heavy atom. The molecule has 0 aliphatic rings. The maximum Gasteiger partial charge on any atom is 0.328 e. The first-order chi connectivity index (χ1) is 7.95. The number of carbonyl (C=O) groups excluding carboxylic acids is 2. The Hall–Kier alpha value is -1.85. The summed E-state index contributed by atoms with van der Waals surface area (Å²) in [6, 6.07) is 0.991. The Balaban J connectivity index is 2.66. The predicted molar refractivity (Wildman–Crippen MR) is 61.5 cm³/mol. The molecule has 1 rings (SSSR count). The molecule has 0 bridgehead atoms. The fourth-order valence-corrected chi connectivity index (χ4v) is 1.42. The fourth-order valence-electron chi connectivity index (χ4n) is 1.42. The third kappa shape index (κ3) is 3.30. The molecule has 1 atom stereocenters. The zero-order valence-corrected chi connectivity index (χ0v) is 10.5. The lowest BCUT2D eigenvalue weighted by atomic mass is 10.3.